The Morgan fingerprint density at radius 1 is 0.586 bits per heavy atom. The van der Waals surface area contributed by atoms with Crippen molar-refractivity contribution in [2.24, 2.45) is 22.7 Å². The van der Waals surface area contributed by atoms with Crippen molar-refractivity contribution in [2.75, 3.05) is 0 Å². The summed E-state index contributed by atoms with van der Waals surface area (Å²) in [6.07, 6.45) is 20.6. The van der Waals surface area contributed by atoms with Crippen molar-refractivity contribution in [3.05, 3.63) is 146 Å². The number of halogens is 2. The molecule has 0 aliphatic heterocycles. The predicted molar refractivity (Wildman–Crippen MR) is 256 cm³/mol. The third-order valence-corrected chi connectivity index (χ3v) is 13.9. The van der Waals surface area contributed by atoms with Gasteiger partial charge in [0, 0.05) is 0 Å². The molecule has 4 fully saturated rings. The van der Waals surface area contributed by atoms with E-state index in [1.165, 1.54) is 155 Å². The van der Waals surface area contributed by atoms with Gasteiger partial charge in [-0.3, -0.25) is 0 Å². The molecule has 0 spiro atoms. The van der Waals surface area contributed by atoms with Crippen molar-refractivity contribution < 1.29 is 23.3 Å². The third kappa shape index (κ3) is 10.8. The molecule has 6 aromatic rings. The standard InChI is InChI=1S/2C25H27.C3H7.CH3.2ClH.Si.Zr/c2*1-2-18-6-8-21(9-7-18)23-5-3-4-22-14-20(15-24(22)23)17-25-12-10-19(16-25)11-13-25;1-3-2;;;;;/h2*3-9,14-15,19H,2,10-13,16-17H2,1H3;1,3H2,2H3;1H3;2*1H;;/q4*-1;;;;. The van der Waals surface area contributed by atoms with Crippen LogP contribution in [0.5, 0.6) is 0 Å². The minimum absolute atomic E-state index is 0. The number of benzene rings is 4. The fraction of sp³-hybridized carbons (Fsp3) is 0.407. The molecule has 6 aromatic carbocycles. The Bertz CT molecular complexity index is 1990. The summed E-state index contributed by atoms with van der Waals surface area (Å²) in [7, 11) is 0. The molecule has 4 bridgehead atoms. The molecule has 2 radical (unpaired) electrons. The first-order valence-corrected chi connectivity index (χ1v) is 25.7. The third-order valence-electron chi connectivity index (χ3n) is 13.9. The molecule has 0 saturated heterocycles. The van der Waals surface area contributed by atoms with Gasteiger partial charge in [0.25, 0.3) is 0 Å². The maximum atomic E-state index is 3.49. The van der Waals surface area contributed by atoms with E-state index in [4.69, 9.17) is 0 Å². The van der Waals surface area contributed by atoms with Gasteiger partial charge in [-0.2, -0.15) is 18.6 Å². The SMILES string of the molecule is CCc1ccc(-c2cccc3[cH-]c(CC45CCC(CC4)C5)cc23)cc1.CCc1ccc(-c2cccc3[cH-]c(CC45CCC(CC4)C5)cc23)cc1.Cl.Cl.[CH2-]CC.[CH3-].[Si]=[Zr]. The number of rotatable bonds is 8. The van der Waals surface area contributed by atoms with Crippen LogP contribution in [0.15, 0.2) is 109 Å². The van der Waals surface area contributed by atoms with Gasteiger partial charge in [-0.05, 0) is 135 Å². The Kier molecular flexibility index (Phi) is 18.4. The molecule has 0 atom stereocenters. The van der Waals surface area contributed by atoms with E-state index in [2.05, 4.69) is 137 Å². The number of fused-ring (bicyclic) bond motifs is 6. The van der Waals surface area contributed by atoms with E-state index in [0.29, 0.717) is 10.8 Å². The Hall–Kier alpha value is -2.22. The van der Waals surface area contributed by atoms with Crippen LogP contribution in [0, 0.1) is 37.0 Å². The van der Waals surface area contributed by atoms with Crippen molar-refractivity contribution in [2.45, 2.75) is 117 Å². The van der Waals surface area contributed by atoms with Gasteiger partial charge < -0.3 is 14.4 Å². The predicted octanol–water partition coefficient (Wildman–Crippen LogP) is 16.0. The Labute approximate surface area is 381 Å². The van der Waals surface area contributed by atoms with Crippen molar-refractivity contribution in [1.82, 2.24) is 0 Å². The first kappa shape index (κ1) is 48.4. The molecule has 0 N–H and O–H groups in total. The van der Waals surface area contributed by atoms with Crippen LogP contribution in [0.4, 0.5) is 0 Å². The van der Waals surface area contributed by atoms with E-state index in [-0.39, 0.29) is 32.2 Å². The van der Waals surface area contributed by atoms with Crippen molar-refractivity contribution >= 4 is 53.2 Å². The minimum atomic E-state index is 0. The van der Waals surface area contributed by atoms with E-state index in [9.17, 15) is 0 Å². The van der Waals surface area contributed by atoms with Crippen LogP contribution in [0.2, 0.25) is 0 Å². The average Bonchev–Trinajstić information content (AvgIpc) is 4.10. The Morgan fingerprint density at radius 2 is 0.931 bits per heavy atom. The van der Waals surface area contributed by atoms with Gasteiger partial charge in [-0.1, -0.05) is 92.6 Å². The monoisotopic (exact) mass is 902 g/mol. The number of hydrogen-bond acceptors (Lipinski definition) is 0. The molecule has 10 rings (SSSR count). The van der Waals surface area contributed by atoms with Gasteiger partial charge in [-0.25, -0.2) is 0 Å². The molecule has 4 aliphatic rings. The van der Waals surface area contributed by atoms with Gasteiger partial charge in [0.1, 0.15) is 0 Å². The van der Waals surface area contributed by atoms with Gasteiger partial charge in [0.2, 0.25) is 0 Å². The average molecular weight is 905 g/mol. The van der Waals surface area contributed by atoms with Crippen LogP contribution >= 0.6 is 24.8 Å². The van der Waals surface area contributed by atoms with Crippen LogP contribution in [0.1, 0.15) is 114 Å². The second-order valence-corrected chi connectivity index (χ2v) is 17.6. The van der Waals surface area contributed by atoms with Gasteiger partial charge in [0.05, 0.1) is 0 Å². The molecule has 0 heterocycles. The molecule has 58 heavy (non-hydrogen) atoms. The number of aryl methyl sites for hydroxylation is 2. The van der Waals surface area contributed by atoms with Gasteiger partial charge in [-0.15, -0.1) is 93.9 Å². The van der Waals surface area contributed by atoms with E-state index >= 15 is 0 Å². The van der Waals surface area contributed by atoms with Crippen molar-refractivity contribution in [1.29, 1.82) is 0 Å². The topological polar surface area (TPSA) is 0 Å². The van der Waals surface area contributed by atoms with Gasteiger partial charge in [0.15, 0.2) is 0 Å². The van der Waals surface area contributed by atoms with E-state index in [1.807, 2.05) is 6.92 Å². The zero-order valence-corrected chi connectivity index (χ0v) is 40.8. The summed E-state index contributed by atoms with van der Waals surface area (Å²) < 4.78 is 0. The fourth-order valence-electron chi connectivity index (χ4n) is 11.1. The Morgan fingerprint density at radius 3 is 1.22 bits per heavy atom. The fourth-order valence-corrected chi connectivity index (χ4v) is 11.1. The second-order valence-electron chi connectivity index (χ2n) is 17.6. The summed E-state index contributed by atoms with van der Waals surface area (Å²) in [6.45, 7) is 13.0. The van der Waals surface area contributed by atoms with Crippen LogP contribution in [-0.2, 0) is 49.0 Å². The molecule has 0 unspecified atom stereocenters. The summed E-state index contributed by atoms with van der Waals surface area (Å²) in [5, 5.41) is 5.70. The van der Waals surface area contributed by atoms with Crippen molar-refractivity contribution in [3.63, 3.8) is 0 Å². The van der Waals surface area contributed by atoms with Crippen molar-refractivity contribution in [3.8, 4) is 22.3 Å². The normalized spacial score (nSPS) is 22.0. The molecular weight excluding hydrogens is 839 g/mol. The summed E-state index contributed by atoms with van der Waals surface area (Å²) in [5.41, 5.74) is 12.7. The van der Waals surface area contributed by atoms with E-state index in [0.717, 1.165) is 31.1 Å². The Balaban J connectivity index is 0.000000221. The summed E-state index contributed by atoms with van der Waals surface area (Å²) in [5.74, 6) is 2.08. The summed E-state index contributed by atoms with van der Waals surface area (Å²) in [6, 6.07) is 41.7. The first-order chi connectivity index (χ1) is 26.9. The molecule has 0 amide bonds. The molecule has 308 valence electrons. The molecular formula is C54H66Cl2SiZr-4. The van der Waals surface area contributed by atoms with Crippen LogP contribution in [0.3, 0.4) is 0 Å². The van der Waals surface area contributed by atoms with Gasteiger partial charge >= 0.3 is 30.2 Å². The van der Waals surface area contributed by atoms with Crippen LogP contribution in [-0.4, -0.2) is 6.88 Å². The second kappa shape index (κ2) is 22.0. The molecule has 4 saturated carbocycles. The zero-order valence-electron chi connectivity index (χ0n) is 35.7. The summed E-state index contributed by atoms with van der Waals surface area (Å²) in [4.78, 5) is 0. The molecule has 0 nitrogen and oxygen atoms in total. The number of hydrogen-bond donors (Lipinski definition) is 0. The molecule has 4 aliphatic carbocycles. The first-order valence-electron chi connectivity index (χ1n) is 21.5. The van der Waals surface area contributed by atoms with E-state index < -0.39 is 0 Å². The summed E-state index contributed by atoms with van der Waals surface area (Å²) >= 11 is 1.36. The van der Waals surface area contributed by atoms with Crippen LogP contribution in [0.25, 0.3) is 43.8 Å². The van der Waals surface area contributed by atoms with Crippen LogP contribution < -0.4 is 0 Å². The maximum absolute atomic E-state index is 3.49. The zero-order chi connectivity index (χ0) is 38.4. The quantitative estimate of drug-likeness (QED) is 0.105. The molecule has 0 aromatic heterocycles. The van der Waals surface area contributed by atoms with E-state index in [1.54, 1.807) is 11.1 Å². The molecule has 4 heteroatoms.